The molecule has 1 aliphatic carbocycles. The SMILES string of the molecule is CC1CCC(n2c(CCl)nc3c(F)cc(F)cc32)CC1C. The lowest BCUT2D eigenvalue weighted by Gasteiger charge is -2.33. The van der Waals surface area contributed by atoms with Crippen molar-refractivity contribution in [1.82, 2.24) is 9.55 Å². The summed E-state index contributed by atoms with van der Waals surface area (Å²) in [6, 6.07) is 2.46. The van der Waals surface area contributed by atoms with Crippen LogP contribution >= 0.6 is 11.6 Å². The predicted octanol–water partition coefficient (Wildman–Crippen LogP) is 5.05. The molecule has 3 rings (SSSR count). The lowest BCUT2D eigenvalue weighted by molar-refractivity contribution is 0.211. The Morgan fingerprint density at radius 3 is 2.67 bits per heavy atom. The van der Waals surface area contributed by atoms with Gasteiger partial charge in [-0.3, -0.25) is 0 Å². The highest BCUT2D eigenvalue weighted by atomic mass is 35.5. The molecule has 0 spiro atoms. The maximum atomic E-state index is 13.9. The molecule has 1 aromatic carbocycles. The fourth-order valence-corrected chi connectivity index (χ4v) is 3.61. The first kappa shape index (κ1) is 14.8. The number of fused-ring (bicyclic) bond motifs is 1. The van der Waals surface area contributed by atoms with Crippen molar-refractivity contribution in [3.05, 3.63) is 29.6 Å². The summed E-state index contributed by atoms with van der Waals surface area (Å²) in [6.45, 7) is 4.49. The van der Waals surface area contributed by atoms with Gasteiger partial charge in [0.15, 0.2) is 5.82 Å². The smallest absolute Gasteiger partial charge is 0.153 e. The first-order valence-electron chi connectivity index (χ1n) is 7.43. The molecule has 3 atom stereocenters. The summed E-state index contributed by atoms with van der Waals surface area (Å²) in [6.07, 6.45) is 3.11. The van der Waals surface area contributed by atoms with Crippen molar-refractivity contribution in [3.63, 3.8) is 0 Å². The van der Waals surface area contributed by atoms with Crippen molar-refractivity contribution in [3.8, 4) is 0 Å². The number of alkyl halides is 1. The van der Waals surface area contributed by atoms with E-state index in [1.54, 1.807) is 0 Å². The van der Waals surface area contributed by atoms with Crippen LogP contribution in [-0.4, -0.2) is 9.55 Å². The summed E-state index contributed by atoms with van der Waals surface area (Å²) in [5, 5.41) is 0. The largest absolute Gasteiger partial charge is 0.324 e. The third-order valence-corrected chi connectivity index (χ3v) is 5.08. The van der Waals surface area contributed by atoms with Gasteiger partial charge in [0.2, 0.25) is 0 Å². The number of aromatic nitrogens is 2. The van der Waals surface area contributed by atoms with Crippen LogP contribution in [0.3, 0.4) is 0 Å². The molecule has 1 heterocycles. The minimum absolute atomic E-state index is 0.205. The van der Waals surface area contributed by atoms with Gasteiger partial charge in [-0.1, -0.05) is 13.8 Å². The maximum absolute atomic E-state index is 13.9. The molecule has 0 bridgehead atoms. The fourth-order valence-electron chi connectivity index (χ4n) is 3.42. The van der Waals surface area contributed by atoms with Gasteiger partial charge in [-0.05, 0) is 37.2 Å². The van der Waals surface area contributed by atoms with Gasteiger partial charge in [-0.25, -0.2) is 13.8 Å². The van der Waals surface area contributed by atoms with E-state index in [1.807, 2.05) is 4.57 Å². The molecule has 0 radical (unpaired) electrons. The van der Waals surface area contributed by atoms with Gasteiger partial charge in [0.05, 0.1) is 11.4 Å². The second-order valence-electron chi connectivity index (χ2n) is 6.21. The molecule has 0 N–H and O–H groups in total. The van der Waals surface area contributed by atoms with Crippen LogP contribution in [0.2, 0.25) is 0 Å². The zero-order valence-corrected chi connectivity index (χ0v) is 13.0. The van der Waals surface area contributed by atoms with E-state index in [-0.39, 0.29) is 17.4 Å². The summed E-state index contributed by atoms with van der Waals surface area (Å²) in [7, 11) is 0. The molecule has 0 saturated heterocycles. The first-order valence-corrected chi connectivity index (χ1v) is 7.96. The summed E-state index contributed by atoms with van der Waals surface area (Å²) in [4.78, 5) is 4.28. The topological polar surface area (TPSA) is 17.8 Å². The molecular formula is C16H19ClF2N2. The van der Waals surface area contributed by atoms with E-state index in [0.29, 0.717) is 23.2 Å². The third-order valence-electron chi connectivity index (χ3n) is 4.84. The minimum Gasteiger partial charge on any atom is -0.324 e. The molecule has 1 saturated carbocycles. The van der Waals surface area contributed by atoms with Crippen LogP contribution < -0.4 is 0 Å². The van der Waals surface area contributed by atoms with Crippen molar-refractivity contribution in [2.24, 2.45) is 11.8 Å². The molecular weight excluding hydrogens is 294 g/mol. The maximum Gasteiger partial charge on any atom is 0.153 e. The van der Waals surface area contributed by atoms with E-state index in [0.717, 1.165) is 25.3 Å². The molecule has 1 fully saturated rings. The second kappa shape index (κ2) is 5.56. The fraction of sp³-hybridized carbons (Fsp3) is 0.562. The Balaban J connectivity index is 2.12. The van der Waals surface area contributed by atoms with Crippen molar-refractivity contribution in [2.45, 2.75) is 45.0 Å². The standard InChI is InChI=1S/C16H19ClF2N2/c1-9-3-4-12(5-10(9)2)21-14-7-11(18)6-13(19)16(14)20-15(21)8-17/h6-7,9-10,12H,3-5,8H2,1-2H3. The van der Waals surface area contributed by atoms with Crippen molar-refractivity contribution < 1.29 is 8.78 Å². The Morgan fingerprint density at radius 2 is 2.00 bits per heavy atom. The Kier molecular flexibility index (Phi) is 3.91. The van der Waals surface area contributed by atoms with Crippen LogP contribution in [0.5, 0.6) is 0 Å². The van der Waals surface area contributed by atoms with Crippen LogP contribution in [0, 0.1) is 23.5 Å². The number of hydrogen-bond acceptors (Lipinski definition) is 1. The Bertz CT molecular complexity index is 668. The van der Waals surface area contributed by atoms with E-state index < -0.39 is 11.6 Å². The number of halogens is 3. The van der Waals surface area contributed by atoms with Gasteiger partial charge in [-0.15, -0.1) is 11.6 Å². The van der Waals surface area contributed by atoms with Crippen molar-refractivity contribution in [2.75, 3.05) is 0 Å². The number of hydrogen-bond donors (Lipinski definition) is 0. The molecule has 1 aromatic heterocycles. The monoisotopic (exact) mass is 312 g/mol. The highest BCUT2D eigenvalue weighted by molar-refractivity contribution is 6.16. The summed E-state index contributed by atoms with van der Waals surface area (Å²) in [5.41, 5.74) is 0.744. The molecule has 0 aliphatic heterocycles. The molecule has 5 heteroatoms. The molecule has 3 unspecified atom stereocenters. The first-order chi connectivity index (χ1) is 10.0. The number of benzene rings is 1. The van der Waals surface area contributed by atoms with Gasteiger partial charge in [0.25, 0.3) is 0 Å². The lowest BCUT2D eigenvalue weighted by atomic mass is 9.79. The number of imidazole rings is 1. The Labute approximate surface area is 128 Å². The van der Waals surface area contributed by atoms with Crippen molar-refractivity contribution >= 4 is 22.6 Å². The van der Waals surface area contributed by atoms with E-state index in [4.69, 9.17) is 11.6 Å². The quantitative estimate of drug-likeness (QED) is 0.709. The van der Waals surface area contributed by atoms with Gasteiger partial charge in [0.1, 0.15) is 17.2 Å². The van der Waals surface area contributed by atoms with Crippen LogP contribution in [0.15, 0.2) is 12.1 Å². The van der Waals surface area contributed by atoms with E-state index >= 15 is 0 Å². The van der Waals surface area contributed by atoms with Gasteiger partial charge in [0, 0.05) is 12.1 Å². The molecule has 2 nitrogen and oxygen atoms in total. The summed E-state index contributed by atoms with van der Waals surface area (Å²) >= 11 is 5.98. The molecule has 0 amide bonds. The van der Waals surface area contributed by atoms with Gasteiger partial charge < -0.3 is 4.57 Å². The predicted molar refractivity (Wildman–Crippen MR) is 80.4 cm³/mol. The van der Waals surface area contributed by atoms with Gasteiger partial charge in [-0.2, -0.15) is 0 Å². The molecule has 1 aliphatic rings. The minimum atomic E-state index is -0.618. The highest BCUT2D eigenvalue weighted by Crippen LogP contribution is 2.39. The van der Waals surface area contributed by atoms with E-state index in [9.17, 15) is 8.78 Å². The van der Waals surface area contributed by atoms with Crippen LogP contribution in [0.25, 0.3) is 11.0 Å². The summed E-state index contributed by atoms with van der Waals surface area (Å²) < 4.78 is 29.5. The Hall–Kier alpha value is -1.16. The summed E-state index contributed by atoms with van der Waals surface area (Å²) in [5.74, 6) is 0.914. The van der Waals surface area contributed by atoms with Crippen molar-refractivity contribution in [1.29, 1.82) is 0 Å². The zero-order valence-electron chi connectivity index (χ0n) is 12.2. The van der Waals surface area contributed by atoms with Crippen LogP contribution in [-0.2, 0) is 5.88 Å². The highest BCUT2D eigenvalue weighted by Gasteiger charge is 2.28. The number of rotatable bonds is 2. The van der Waals surface area contributed by atoms with Crippen LogP contribution in [0.1, 0.15) is 45.0 Å². The van der Waals surface area contributed by atoms with E-state index in [2.05, 4.69) is 18.8 Å². The average molecular weight is 313 g/mol. The van der Waals surface area contributed by atoms with Gasteiger partial charge >= 0.3 is 0 Å². The molecule has 21 heavy (non-hydrogen) atoms. The normalized spacial score (nSPS) is 26.4. The number of nitrogens with zero attached hydrogens (tertiary/aromatic N) is 2. The Morgan fingerprint density at radius 1 is 1.24 bits per heavy atom. The van der Waals surface area contributed by atoms with E-state index in [1.165, 1.54) is 6.07 Å². The molecule has 2 aromatic rings. The zero-order chi connectivity index (χ0) is 15.1. The third kappa shape index (κ3) is 2.54. The van der Waals surface area contributed by atoms with Crippen LogP contribution in [0.4, 0.5) is 8.78 Å². The second-order valence-corrected chi connectivity index (χ2v) is 6.48. The average Bonchev–Trinajstić information content (AvgIpc) is 2.80. The lowest BCUT2D eigenvalue weighted by Crippen LogP contribution is -2.24. The molecule has 114 valence electrons.